The van der Waals surface area contributed by atoms with Gasteiger partial charge in [-0.2, -0.15) is 0 Å². The highest BCUT2D eigenvalue weighted by Crippen LogP contribution is 2.33. The van der Waals surface area contributed by atoms with Gasteiger partial charge in [0.25, 0.3) is 15.9 Å². The molecule has 1 aliphatic heterocycles. The summed E-state index contributed by atoms with van der Waals surface area (Å²) >= 11 is 0. The lowest BCUT2D eigenvalue weighted by atomic mass is 10.2. The first kappa shape index (κ1) is 26.2. The minimum absolute atomic E-state index is 0.173. The van der Waals surface area contributed by atoms with E-state index in [2.05, 4.69) is 5.32 Å². The van der Waals surface area contributed by atoms with Crippen LogP contribution in [0.15, 0.2) is 71.6 Å². The second-order valence-electron chi connectivity index (χ2n) is 8.79. The normalized spacial score (nSPS) is 12.6. The van der Waals surface area contributed by atoms with E-state index in [1.165, 1.54) is 10.4 Å². The first-order valence-electron chi connectivity index (χ1n) is 12.2. The van der Waals surface area contributed by atoms with E-state index in [1.807, 2.05) is 31.2 Å². The molecule has 0 saturated heterocycles. The van der Waals surface area contributed by atoms with Crippen molar-refractivity contribution in [2.24, 2.45) is 0 Å². The topological polar surface area (TPSA) is 102 Å². The minimum Gasteiger partial charge on any atom is -0.483 e. The summed E-state index contributed by atoms with van der Waals surface area (Å²) < 4.78 is 38.8. The van der Waals surface area contributed by atoms with Crippen LogP contribution in [0.3, 0.4) is 0 Å². The molecule has 3 aromatic carbocycles. The Balaban J connectivity index is 1.34. The number of para-hydroxylation sites is 1. The number of carbonyl (C=O) groups excluding carboxylic acids is 2. The lowest BCUT2D eigenvalue weighted by Crippen LogP contribution is -2.29. The molecule has 1 heterocycles. The van der Waals surface area contributed by atoms with E-state index in [0.29, 0.717) is 47.8 Å². The van der Waals surface area contributed by atoms with Crippen LogP contribution in [0.1, 0.15) is 41.3 Å². The van der Waals surface area contributed by atoms with Crippen LogP contribution in [0.5, 0.6) is 5.75 Å². The van der Waals surface area contributed by atoms with Crippen LogP contribution in [-0.4, -0.2) is 40.1 Å². The van der Waals surface area contributed by atoms with Crippen molar-refractivity contribution in [1.29, 1.82) is 0 Å². The van der Waals surface area contributed by atoms with E-state index in [-0.39, 0.29) is 17.4 Å². The molecule has 3 aromatic rings. The molecule has 1 N–H and O–H groups in total. The largest absolute Gasteiger partial charge is 0.483 e. The third kappa shape index (κ3) is 6.11. The summed E-state index contributed by atoms with van der Waals surface area (Å²) in [6, 6.07) is 18.5. The van der Waals surface area contributed by atoms with Crippen LogP contribution in [0.2, 0.25) is 0 Å². The van der Waals surface area contributed by atoms with Gasteiger partial charge in [0.1, 0.15) is 5.75 Å². The first-order chi connectivity index (χ1) is 17.8. The molecule has 0 radical (unpaired) electrons. The number of benzene rings is 3. The summed E-state index contributed by atoms with van der Waals surface area (Å²) in [5.74, 6) is -0.367. The van der Waals surface area contributed by atoms with E-state index in [9.17, 15) is 18.0 Å². The fraction of sp³-hybridized carbons (Fsp3) is 0.286. The maximum atomic E-state index is 13.3. The van der Waals surface area contributed by atoms with Gasteiger partial charge in [0.2, 0.25) is 0 Å². The number of fused-ring (bicyclic) bond motifs is 1. The number of amides is 1. The van der Waals surface area contributed by atoms with Gasteiger partial charge in [-0.25, -0.2) is 13.2 Å². The van der Waals surface area contributed by atoms with Gasteiger partial charge in [-0.05, 0) is 79.4 Å². The predicted molar refractivity (Wildman–Crippen MR) is 142 cm³/mol. The van der Waals surface area contributed by atoms with Gasteiger partial charge in [0.05, 0.1) is 22.8 Å². The molecule has 8 nitrogen and oxygen atoms in total. The Hall–Kier alpha value is -3.85. The molecule has 9 heteroatoms. The number of aryl methyl sites for hydroxylation is 1. The Morgan fingerprint density at radius 3 is 2.51 bits per heavy atom. The minimum atomic E-state index is -3.71. The van der Waals surface area contributed by atoms with Crippen LogP contribution >= 0.6 is 0 Å². The van der Waals surface area contributed by atoms with Gasteiger partial charge in [0, 0.05) is 12.2 Å². The molecule has 0 spiro atoms. The van der Waals surface area contributed by atoms with E-state index in [1.54, 1.807) is 43.3 Å². The summed E-state index contributed by atoms with van der Waals surface area (Å²) in [5, 5.41) is 2.71. The van der Waals surface area contributed by atoms with Crippen molar-refractivity contribution < 1.29 is 27.5 Å². The number of rotatable bonds is 10. The molecule has 0 atom stereocenters. The van der Waals surface area contributed by atoms with Crippen LogP contribution < -0.4 is 14.4 Å². The summed E-state index contributed by atoms with van der Waals surface area (Å²) in [6.07, 6.45) is 2.43. The number of unbranched alkanes of at least 4 members (excludes halogenated alkanes) is 1. The van der Waals surface area contributed by atoms with Crippen molar-refractivity contribution in [2.45, 2.75) is 38.0 Å². The third-order valence-corrected chi connectivity index (χ3v) is 7.88. The standard InChI is InChI=1S/C28H30N2O6S/c1-3-4-17-35-28(32)22-9-11-23(12-10-22)29-27(31)19-36-26-14-13-24(18-20(26)2)37(33,34)30-16-15-21-7-5-6-8-25(21)30/h5-14,18H,3-4,15-17,19H2,1-2H3,(H,29,31). The van der Waals surface area contributed by atoms with Crippen LogP contribution in [0.25, 0.3) is 0 Å². The molecule has 0 aromatic heterocycles. The Kier molecular flexibility index (Phi) is 8.13. The van der Waals surface area contributed by atoms with Crippen LogP contribution in [-0.2, 0) is 26.0 Å². The summed E-state index contributed by atoms with van der Waals surface area (Å²) in [7, 11) is -3.71. The second-order valence-corrected chi connectivity index (χ2v) is 10.6. The zero-order chi connectivity index (χ0) is 26.4. The Bertz CT molecular complexity index is 1390. The van der Waals surface area contributed by atoms with Crippen LogP contribution in [0, 0.1) is 6.92 Å². The maximum Gasteiger partial charge on any atom is 0.338 e. The van der Waals surface area contributed by atoms with Gasteiger partial charge in [-0.3, -0.25) is 9.10 Å². The van der Waals surface area contributed by atoms with Gasteiger partial charge < -0.3 is 14.8 Å². The molecule has 4 rings (SSSR count). The molecular weight excluding hydrogens is 492 g/mol. The monoisotopic (exact) mass is 522 g/mol. The van der Waals surface area contributed by atoms with Gasteiger partial charge in [-0.1, -0.05) is 31.5 Å². The lowest BCUT2D eigenvalue weighted by molar-refractivity contribution is -0.118. The number of nitrogens with one attached hydrogen (secondary N) is 1. The number of nitrogens with zero attached hydrogens (tertiary/aromatic N) is 1. The van der Waals surface area contributed by atoms with Gasteiger partial charge in [-0.15, -0.1) is 0 Å². The van der Waals surface area contributed by atoms with Crippen molar-refractivity contribution in [3.8, 4) is 5.75 Å². The van der Waals surface area contributed by atoms with Gasteiger partial charge >= 0.3 is 5.97 Å². The number of anilines is 2. The van der Waals surface area contributed by atoms with Crippen molar-refractivity contribution in [3.63, 3.8) is 0 Å². The average molecular weight is 523 g/mol. The Morgan fingerprint density at radius 1 is 1.03 bits per heavy atom. The smallest absolute Gasteiger partial charge is 0.338 e. The molecule has 0 fully saturated rings. The van der Waals surface area contributed by atoms with Crippen molar-refractivity contribution in [2.75, 3.05) is 29.4 Å². The number of hydrogen-bond donors (Lipinski definition) is 1. The fourth-order valence-electron chi connectivity index (χ4n) is 4.05. The molecule has 1 aliphatic rings. The van der Waals surface area contributed by atoms with Crippen LogP contribution in [0.4, 0.5) is 11.4 Å². The number of esters is 1. The van der Waals surface area contributed by atoms with Crippen molar-refractivity contribution >= 4 is 33.3 Å². The molecule has 0 saturated carbocycles. The molecule has 0 aliphatic carbocycles. The molecule has 194 valence electrons. The quantitative estimate of drug-likeness (QED) is 0.305. The summed E-state index contributed by atoms with van der Waals surface area (Å²) in [4.78, 5) is 24.5. The highest BCUT2D eigenvalue weighted by atomic mass is 32.2. The zero-order valence-electron chi connectivity index (χ0n) is 20.9. The summed E-state index contributed by atoms with van der Waals surface area (Å²) in [5.41, 5.74) is 3.25. The van der Waals surface area contributed by atoms with E-state index in [0.717, 1.165) is 18.4 Å². The molecule has 37 heavy (non-hydrogen) atoms. The van der Waals surface area contributed by atoms with E-state index >= 15 is 0 Å². The van der Waals surface area contributed by atoms with Gasteiger partial charge in [0.15, 0.2) is 6.61 Å². The fourth-order valence-corrected chi connectivity index (χ4v) is 5.64. The molecular formula is C28H30N2O6S. The number of sulfonamides is 1. The zero-order valence-corrected chi connectivity index (χ0v) is 21.7. The Morgan fingerprint density at radius 2 is 1.78 bits per heavy atom. The van der Waals surface area contributed by atoms with E-state index < -0.39 is 16.0 Å². The molecule has 0 bridgehead atoms. The maximum absolute atomic E-state index is 13.3. The number of carbonyl (C=O) groups is 2. The highest BCUT2D eigenvalue weighted by molar-refractivity contribution is 7.92. The second kappa shape index (κ2) is 11.5. The molecule has 1 amide bonds. The third-order valence-electron chi connectivity index (χ3n) is 6.07. The first-order valence-corrected chi connectivity index (χ1v) is 13.6. The Labute approximate surface area is 217 Å². The predicted octanol–water partition coefficient (Wildman–Crippen LogP) is 4.72. The number of ether oxygens (including phenoxy) is 2. The lowest BCUT2D eigenvalue weighted by Gasteiger charge is -2.20. The van der Waals surface area contributed by atoms with E-state index in [4.69, 9.17) is 9.47 Å². The van der Waals surface area contributed by atoms with Crippen molar-refractivity contribution in [3.05, 3.63) is 83.4 Å². The highest BCUT2D eigenvalue weighted by Gasteiger charge is 2.30. The van der Waals surface area contributed by atoms with Crippen molar-refractivity contribution in [1.82, 2.24) is 0 Å². The SMILES string of the molecule is CCCCOC(=O)c1ccc(NC(=O)COc2ccc(S(=O)(=O)N3CCc4ccccc43)cc2C)cc1. The summed E-state index contributed by atoms with van der Waals surface area (Å²) in [6.45, 7) is 4.28. The molecule has 0 unspecified atom stereocenters. The average Bonchev–Trinajstić information content (AvgIpc) is 3.33. The number of hydrogen-bond acceptors (Lipinski definition) is 6.